The molecule has 5 nitrogen and oxygen atoms in total. The molecular weight excluding hydrogens is 304 g/mol. The third-order valence-corrected chi connectivity index (χ3v) is 4.05. The van der Waals surface area contributed by atoms with Crippen LogP contribution in [0.2, 0.25) is 0 Å². The molecule has 2 heterocycles. The molecule has 0 unspecified atom stereocenters. The summed E-state index contributed by atoms with van der Waals surface area (Å²) in [4.78, 5) is 18.5. The van der Waals surface area contributed by atoms with E-state index in [2.05, 4.69) is 4.98 Å². The summed E-state index contributed by atoms with van der Waals surface area (Å²) in [6.45, 7) is 3.33. The molecule has 0 radical (unpaired) electrons. The van der Waals surface area contributed by atoms with Gasteiger partial charge >= 0.3 is 5.63 Å². The fourth-order valence-electron chi connectivity index (χ4n) is 2.69. The minimum Gasteiger partial charge on any atom is -0.404 e. The van der Waals surface area contributed by atoms with Crippen molar-refractivity contribution in [2.24, 2.45) is 0 Å². The van der Waals surface area contributed by atoms with Gasteiger partial charge in [0.2, 0.25) is 5.71 Å². The van der Waals surface area contributed by atoms with E-state index in [4.69, 9.17) is 9.15 Å². The van der Waals surface area contributed by atoms with Crippen molar-refractivity contribution in [1.82, 2.24) is 4.98 Å². The van der Waals surface area contributed by atoms with Gasteiger partial charge in [0.25, 0.3) is 0 Å². The third kappa shape index (κ3) is 3.16. The van der Waals surface area contributed by atoms with Gasteiger partial charge in [-0.15, -0.1) is 0 Å². The number of fused-ring (bicyclic) bond motifs is 1. The summed E-state index contributed by atoms with van der Waals surface area (Å²) in [5, 5.41) is 0.827. The lowest BCUT2D eigenvalue weighted by atomic mass is 9.99. The van der Waals surface area contributed by atoms with Crippen molar-refractivity contribution in [1.29, 1.82) is 0 Å². The number of hydrogen-bond acceptors (Lipinski definition) is 5. The number of hydrogen-bond donors (Lipinski definition) is 0. The maximum atomic E-state index is 12.0. The first kappa shape index (κ1) is 16.2. The Bertz CT molecular complexity index is 918. The summed E-state index contributed by atoms with van der Waals surface area (Å²) in [5.41, 5.74) is 2.91. The van der Waals surface area contributed by atoms with Gasteiger partial charge in [-0.2, -0.15) is 4.98 Å². The molecule has 1 aromatic carbocycles. The number of ether oxygens (including phenoxy) is 1. The Balaban J connectivity index is 2.13. The molecule has 0 amide bonds. The second-order valence-corrected chi connectivity index (χ2v) is 5.73. The Kier molecular flexibility index (Phi) is 4.62. The molecule has 5 heteroatoms. The van der Waals surface area contributed by atoms with Crippen LogP contribution >= 0.6 is 0 Å². The first-order valence-electron chi connectivity index (χ1n) is 7.81. The van der Waals surface area contributed by atoms with Gasteiger partial charge in [-0.1, -0.05) is 24.3 Å². The number of methoxy groups -OCH3 is 1. The topological polar surface area (TPSA) is 55.6 Å². The highest BCUT2D eigenvalue weighted by atomic mass is 16.5. The summed E-state index contributed by atoms with van der Waals surface area (Å²) in [6.07, 6.45) is 0. The van der Waals surface area contributed by atoms with Crippen LogP contribution in [0.4, 0.5) is 5.82 Å². The van der Waals surface area contributed by atoms with Crippen molar-refractivity contribution in [2.45, 2.75) is 6.92 Å². The Morgan fingerprint density at radius 1 is 1.17 bits per heavy atom. The molecule has 0 aliphatic rings. The van der Waals surface area contributed by atoms with Crippen LogP contribution < -0.4 is 10.5 Å². The lowest BCUT2D eigenvalue weighted by Crippen LogP contribution is -2.23. The minimum absolute atomic E-state index is 0.350. The molecule has 0 atom stereocenters. The highest BCUT2D eigenvalue weighted by Crippen LogP contribution is 2.29. The summed E-state index contributed by atoms with van der Waals surface area (Å²) < 4.78 is 10.4. The van der Waals surface area contributed by atoms with E-state index in [0.29, 0.717) is 18.9 Å². The predicted molar refractivity (Wildman–Crippen MR) is 95.6 cm³/mol. The first-order valence-corrected chi connectivity index (χ1v) is 7.81. The molecule has 0 saturated heterocycles. The van der Waals surface area contributed by atoms with Crippen LogP contribution in [0.25, 0.3) is 22.2 Å². The number of pyridine rings is 1. The Hall–Kier alpha value is -2.66. The quantitative estimate of drug-likeness (QED) is 0.721. The number of rotatable bonds is 5. The van der Waals surface area contributed by atoms with Crippen molar-refractivity contribution in [3.63, 3.8) is 0 Å². The molecule has 0 aliphatic heterocycles. The average Bonchev–Trinajstić information content (AvgIpc) is 2.58. The zero-order valence-electron chi connectivity index (χ0n) is 14.1. The second-order valence-electron chi connectivity index (χ2n) is 5.73. The predicted octanol–water partition coefficient (Wildman–Crippen LogP) is 3.25. The molecule has 0 fully saturated rings. The van der Waals surface area contributed by atoms with Gasteiger partial charge in [0.15, 0.2) is 0 Å². The molecule has 124 valence electrons. The standard InChI is InChI=1S/C19H20N2O3/c1-13-6-4-5-7-14(13)16-12-18(22)24-19-15(16)8-9-17(20-19)21(2)10-11-23-3/h4-9,12H,10-11H2,1-3H3. The van der Waals surface area contributed by atoms with E-state index in [9.17, 15) is 4.79 Å². The zero-order valence-corrected chi connectivity index (χ0v) is 14.1. The highest BCUT2D eigenvalue weighted by Gasteiger charge is 2.12. The van der Waals surface area contributed by atoms with Crippen molar-refractivity contribution >= 4 is 16.9 Å². The molecular formula is C19H20N2O3. The van der Waals surface area contributed by atoms with Crippen LogP contribution in [-0.4, -0.2) is 32.3 Å². The SMILES string of the molecule is COCCN(C)c1ccc2c(-c3ccccc3C)cc(=O)oc2n1. The average molecular weight is 324 g/mol. The zero-order chi connectivity index (χ0) is 17.1. The Morgan fingerprint density at radius 2 is 1.96 bits per heavy atom. The number of aromatic nitrogens is 1. The van der Waals surface area contributed by atoms with Gasteiger partial charge < -0.3 is 14.1 Å². The van der Waals surface area contributed by atoms with E-state index in [1.807, 2.05) is 55.3 Å². The minimum atomic E-state index is -0.398. The Morgan fingerprint density at radius 3 is 2.71 bits per heavy atom. The summed E-state index contributed by atoms with van der Waals surface area (Å²) in [6, 6.07) is 13.4. The molecule has 0 aliphatic carbocycles. The summed E-state index contributed by atoms with van der Waals surface area (Å²) in [7, 11) is 3.59. The van der Waals surface area contributed by atoms with Gasteiger partial charge in [0.1, 0.15) is 5.82 Å². The highest BCUT2D eigenvalue weighted by molar-refractivity contribution is 5.92. The number of nitrogens with zero attached hydrogens (tertiary/aromatic N) is 2. The first-order chi connectivity index (χ1) is 11.6. The van der Waals surface area contributed by atoms with Crippen LogP contribution in [0.1, 0.15) is 5.56 Å². The number of likely N-dealkylation sites (N-methyl/N-ethyl adjacent to an activating group) is 1. The molecule has 0 saturated carbocycles. The molecule has 0 bridgehead atoms. The molecule has 24 heavy (non-hydrogen) atoms. The number of benzene rings is 1. The van der Waals surface area contributed by atoms with E-state index in [-0.39, 0.29) is 0 Å². The van der Waals surface area contributed by atoms with E-state index in [1.165, 1.54) is 6.07 Å². The summed E-state index contributed by atoms with van der Waals surface area (Å²) in [5.74, 6) is 0.740. The van der Waals surface area contributed by atoms with Gasteiger partial charge in [-0.25, -0.2) is 4.79 Å². The van der Waals surface area contributed by atoms with Crippen LogP contribution in [0, 0.1) is 6.92 Å². The van der Waals surface area contributed by atoms with Crippen LogP contribution in [0.5, 0.6) is 0 Å². The van der Waals surface area contributed by atoms with E-state index in [1.54, 1.807) is 7.11 Å². The fourth-order valence-corrected chi connectivity index (χ4v) is 2.69. The number of aryl methyl sites for hydroxylation is 1. The van der Waals surface area contributed by atoms with Crippen LogP contribution in [0.3, 0.4) is 0 Å². The van der Waals surface area contributed by atoms with Crippen LogP contribution in [0.15, 0.2) is 51.7 Å². The lowest BCUT2D eigenvalue weighted by Gasteiger charge is -2.18. The molecule has 3 aromatic rings. The maximum absolute atomic E-state index is 12.0. The van der Waals surface area contributed by atoms with E-state index >= 15 is 0 Å². The van der Waals surface area contributed by atoms with Crippen molar-refractivity contribution in [2.75, 3.05) is 32.2 Å². The second kappa shape index (κ2) is 6.84. The molecule has 3 rings (SSSR count). The van der Waals surface area contributed by atoms with Crippen molar-refractivity contribution in [3.05, 3.63) is 58.4 Å². The largest absolute Gasteiger partial charge is 0.404 e. The molecule has 0 spiro atoms. The third-order valence-electron chi connectivity index (χ3n) is 4.05. The van der Waals surface area contributed by atoms with E-state index in [0.717, 1.165) is 27.9 Å². The van der Waals surface area contributed by atoms with Crippen molar-refractivity contribution in [3.8, 4) is 11.1 Å². The smallest absolute Gasteiger partial charge is 0.338 e. The number of anilines is 1. The molecule has 2 aromatic heterocycles. The molecule has 0 N–H and O–H groups in total. The monoisotopic (exact) mass is 324 g/mol. The summed E-state index contributed by atoms with van der Waals surface area (Å²) >= 11 is 0. The van der Waals surface area contributed by atoms with Crippen molar-refractivity contribution < 1.29 is 9.15 Å². The lowest BCUT2D eigenvalue weighted by molar-refractivity contribution is 0.206. The fraction of sp³-hybridized carbons (Fsp3) is 0.263. The van der Waals surface area contributed by atoms with Gasteiger partial charge in [-0.05, 0) is 30.2 Å². The van der Waals surface area contributed by atoms with Crippen LogP contribution in [-0.2, 0) is 4.74 Å². The normalized spacial score (nSPS) is 11.0. The van der Waals surface area contributed by atoms with Gasteiger partial charge in [0.05, 0.1) is 6.61 Å². The maximum Gasteiger partial charge on any atom is 0.338 e. The van der Waals surface area contributed by atoms with Gasteiger partial charge in [0, 0.05) is 37.7 Å². The van der Waals surface area contributed by atoms with Gasteiger partial charge in [-0.3, -0.25) is 0 Å². The Labute approximate surface area is 140 Å². The van der Waals surface area contributed by atoms with E-state index < -0.39 is 5.63 Å².